The van der Waals surface area contributed by atoms with Gasteiger partial charge in [-0.15, -0.1) is 0 Å². The van der Waals surface area contributed by atoms with Crippen LogP contribution in [0.2, 0.25) is 0 Å². The number of aliphatic hydroxyl groups is 1. The van der Waals surface area contributed by atoms with E-state index in [0.29, 0.717) is 23.3 Å². The van der Waals surface area contributed by atoms with Gasteiger partial charge >= 0.3 is 0 Å². The van der Waals surface area contributed by atoms with Gasteiger partial charge in [0.1, 0.15) is 23.1 Å². The highest BCUT2D eigenvalue weighted by atomic mass is 19.3. The molecule has 3 aliphatic heterocycles. The van der Waals surface area contributed by atoms with E-state index in [4.69, 9.17) is 0 Å². The van der Waals surface area contributed by atoms with Crippen molar-refractivity contribution in [2.24, 2.45) is 5.92 Å². The molecule has 55 heavy (non-hydrogen) atoms. The van der Waals surface area contributed by atoms with Crippen LogP contribution in [0.1, 0.15) is 79.9 Å². The van der Waals surface area contributed by atoms with Crippen LogP contribution in [0, 0.1) is 11.7 Å². The van der Waals surface area contributed by atoms with Crippen LogP contribution in [0.25, 0.3) is 5.65 Å². The summed E-state index contributed by atoms with van der Waals surface area (Å²) in [7, 11) is 3.82. The number of carbonyl (C=O) groups is 3. The summed E-state index contributed by atoms with van der Waals surface area (Å²) < 4.78 is 46.6. The Morgan fingerprint density at radius 1 is 1.09 bits per heavy atom. The third-order valence-electron chi connectivity index (χ3n) is 11.7. The second kappa shape index (κ2) is 14.8. The monoisotopic (exact) mass is 763 g/mol. The molecule has 2 unspecified atom stereocenters. The number of anilines is 4. The minimum atomic E-state index is -2.86. The van der Waals surface area contributed by atoms with Crippen molar-refractivity contribution in [3.63, 3.8) is 0 Å². The first kappa shape index (κ1) is 36.7. The molecule has 4 aromatic rings. The molecule has 18 heteroatoms. The lowest BCUT2D eigenvalue weighted by atomic mass is 9.85. The summed E-state index contributed by atoms with van der Waals surface area (Å²) in [4.78, 5) is 49.3. The fourth-order valence-electron chi connectivity index (χ4n) is 8.80. The van der Waals surface area contributed by atoms with Crippen LogP contribution in [0.3, 0.4) is 0 Å². The van der Waals surface area contributed by atoms with E-state index in [0.717, 1.165) is 63.8 Å². The molecule has 2 atom stereocenters. The smallest absolute Gasteiger partial charge is 0.284 e. The van der Waals surface area contributed by atoms with Crippen LogP contribution < -0.4 is 25.3 Å². The van der Waals surface area contributed by atoms with E-state index in [1.807, 2.05) is 0 Å². The number of nitrogens with zero attached hydrogens (tertiary/aromatic N) is 9. The van der Waals surface area contributed by atoms with Gasteiger partial charge < -0.3 is 30.0 Å². The van der Waals surface area contributed by atoms with Gasteiger partial charge in [0.15, 0.2) is 11.3 Å². The molecule has 1 aliphatic carbocycles. The fraction of sp³-hybridized carbons (Fsp3) is 0.514. The lowest BCUT2D eigenvalue weighted by molar-refractivity contribution is -0.134. The van der Waals surface area contributed by atoms with Crippen LogP contribution in [-0.4, -0.2) is 104 Å². The molecule has 3 aromatic heterocycles. The number of alkyl halides is 2. The van der Waals surface area contributed by atoms with Crippen LogP contribution in [0.5, 0.6) is 0 Å². The number of hydrogen-bond acceptors (Lipinski definition) is 11. The molecule has 3 amide bonds. The van der Waals surface area contributed by atoms with Gasteiger partial charge in [-0.2, -0.15) is 10.2 Å². The third kappa shape index (κ3) is 6.85. The molecule has 1 saturated carbocycles. The normalized spacial score (nSPS) is 23.6. The fourth-order valence-corrected chi connectivity index (χ4v) is 8.80. The largest absolute Gasteiger partial charge is 0.370 e. The first-order chi connectivity index (χ1) is 26.5. The number of aromatic nitrogens is 5. The van der Waals surface area contributed by atoms with E-state index in [9.17, 15) is 28.3 Å². The average molecular weight is 764 g/mol. The minimum Gasteiger partial charge on any atom is -0.370 e. The molecule has 292 valence electrons. The molecule has 3 fully saturated rings. The Bertz CT molecular complexity index is 2090. The molecular weight excluding hydrogens is 719 g/mol. The van der Waals surface area contributed by atoms with Gasteiger partial charge in [-0.05, 0) is 76.1 Å². The molecule has 0 spiro atoms. The highest BCUT2D eigenvalue weighted by Crippen LogP contribution is 2.48. The number of hydrogen-bond donors (Lipinski definition) is 3. The topological polar surface area (TPSA) is 156 Å². The number of benzene rings is 1. The zero-order valence-electron chi connectivity index (χ0n) is 30.6. The molecular formula is C37H44F3N11O4. The summed E-state index contributed by atoms with van der Waals surface area (Å²) in [6, 6.07) is 4.18. The van der Waals surface area contributed by atoms with Crippen molar-refractivity contribution >= 4 is 46.1 Å². The predicted molar refractivity (Wildman–Crippen MR) is 196 cm³/mol. The maximum absolute atomic E-state index is 15.4. The predicted octanol–water partition coefficient (Wildman–Crippen LogP) is 3.92. The number of halogens is 3. The van der Waals surface area contributed by atoms with Gasteiger partial charge in [-0.3, -0.25) is 24.4 Å². The Hall–Kier alpha value is -5.23. The Balaban J connectivity index is 0.863. The Morgan fingerprint density at radius 3 is 2.58 bits per heavy atom. The van der Waals surface area contributed by atoms with Gasteiger partial charge in [0.25, 0.3) is 12.3 Å². The van der Waals surface area contributed by atoms with Gasteiger partial charge in [-0.1, -0.05) is 0 Å². The zero-order chi connectivity index (χ0) is 38.5. The molecule has 8 rings (SSSR count). The van der Waals surface area contributed by atoms with E-state index in [1.54, 1.807) is 35.0 Å². The van der Waals surface area contributed by atoms with E-state index in [1.165, 1.54) is 34.1 Å². The summed E-state index contributed by atoms with van der Waals surface area (Å²) >= 11 is 0. The van der Waals surface area contributed by atoms with Crippen LogP contribution in [0.4, 0.5) is 35.9 Å². The number of piperidine rings is 2. The number of amides is 3. The van der Waals surface area contributed by atoms with E-state index < -0.39 is 42.1 Å². The van der Waals surface area contributed by atoms with Crippen molar-refractivity contribution in [2.75, 3.05) is 53.7 Å². The number of aliphatic hydroxyl groups excluding tert-OH is 1. The van der Waals surface area contributed by atoms with Crippen molar-refractivity contribution in [1.29, 1.82) is 0 Å². The second-order valence-electron chi connectivity index (χ2n) is 15.0. The van der Waals surface area contributed by atoms with Crippen molar-refractivity contribution in [3.05, 3.63) is 60.1 Å². The van der Waals surface area contributed by atoms with Gasteiger partial charge in [-0.25, -0.2) is 22.7 Å². The summed E-state index contributed by atoms with van der Waals surface area (Å²) in [5.74, 6) is -1.62. The molecule has 2 saturated heterocycles. The third-order valence-corrected chi connectivity index (χ3v) is 11.7. The van der Waals surface area contributed by atoms with E-state index in [-0.39, 0.29) is 41.7 Å². The van der Waals surface area contributed by atoms with Crippen molar-refractivity contribution in [3.8, 4) is 0 Å². The highest BCUT2D eigenvalue weighted by Gasteiger charge is 2.45. The van der Waals surface area contributed by atoms with Crippen molar-refractivity contribution in [1.82, 2.24) is 34.6 Å². The summed E-state index contributed by atoms with van der Waals surface area (Å²) in [6.07, 6.45) is 7.34. The van der Waals surface area contributed by atoms with Crippen molar-refractivity contribution in [2.45, 2.75) is 82.3 Å². The van der Waals surface area contributed by atoms with E-state index in [2.05, 4.69) is 42.7 Å². The lowest BCUT2D eigenvalue weighted by Gasteiger charge is -2.40. The van der Waals surface area contributed by atoms with Crippen molar-refractivity contribution < 1.29 is 32.7 Å². The van der Waals surface area contributed by atoms with E-state index >= 15 is 4.39 Å². The minimum absolute atomic E-state index is 0.0245. The van der Waals surface area contributed by atoms with Crippen LogP contribution >= 0.6 is 0 Å². The van der Waals surface area contributed by atoms with Gasteiger partial charge in [0, 0.05) is 57.7 Å². The Morgan fingerprint density at radius 2 is 1.85 bits per heavy atom. The number of imide groups is 1. The molecule has 3 N–H and O–H groups in total. The first-order valence-corrected chi connectivity index (χ1v) is 18.8. The number of fused-ring (bicyclic) bond motifs is 2. The zero-order valence-corrected chi connectivity index (χ0v) is 30.6. The molecule has 0 bridgehead atoms. The quantitative estimate of drug-likeness (QED) is 0.213. The summed E-state index contributed by atoms with van der Waals surface area (Å²) in [5, 5.41) is 24.4. The number of rotatable bonds is 9. The van der Waals surface area contributed by atoms with Gasteiger partial charge in [0.2, 0.25) is 18.2 Å². The Kier molecular flexibility index (Phi) is 9.87. The number of nitrogens with one attached hydrogen (secondary N) is 2. The summed E-state index contributed by atoms with van der Waals surface area (Å²) in [5.41, 5.74) is 1.49. The number of carbonyl (C=O) groups excluding carboxylic acids is 3. The van der Waals surface area contributed by atoms with Crippen LogP contribution in [0.15, 0.2) is 43.0 Å². The van der Waals surface area contributed by atoms with Crippen LogP contribution in [-0.2, 0) is 9.59 Å². The summed E-state index contributed by atoms with van der Waals surface area (Å²) in [6.45, 7) is 2.34. The lowest BCUT2D eigenvalue weighted by Crippen LogP contribution is -2.57. The maximum Gasteiger partial charge on any atom is 0.284 e. The molecule has 6 heterocycles. The maximum atomic E-state index is 15.4. The molecule has 0 radical (unpaired) electrons. The standard InChI is InChI=1S/C37H44F3N11O4/c1-46(22-12-16-48(17-13-22)27-9-8-25(38)31-32(27)47(2)37(55)51(31)28-10-11-29(52)44-36(28)54)19-21-4-6-23(7-5-21)50-20-26(30(45-50)33(39)40)43-35(53)24-18-42-49-15-3-14-41-34(24)49/h3,8-9,14-15,18,20-23,28,33,37,55H,4-7,10-13,16-17,19H2,1-2H3,(H,43,53)(H,44,52,54)/t21-,23-,28?,37?. The Labute approximate surface area is 315 Å². The molecule has 4 aliphatic rings. The SMILES string of the molecule is CN(C[C@H]1CC[C@H](n2cc(NC(=O)c3cnn4cccnc34)c(C(F)F)n2)CC1)C1CCN(c2ccc(F)c3c2N(C)C(O)N3C2CCC(=O)NC2=O)CC1. The highest BCUT2D eigenvalue weighted by molar-refractivity contribution is 6.08. The average Bonchev–Trinajstić information content (AvgIpc) is 3.87. The molecule has 1 aromatic carbocycles. The first-order valence-electron chi connectivity index (χ1n) is 18.8. The molecule has 15 nitrogen and oxygen atoms in total. The second-order valence-corrected chi connectivity index (χ2v) is 15.0. The van der Waals surface area contributed by atoms with Gasteiger partial charge in [0.05, 0.1) is 29.3 Å².